The quantitative estimate of drug-likeness (QED) is 0.495. The lowest BCUT2D eigenvalue weighted by atomic mass is 10.0. The van der Waals surface area contributed by atoms with Crippen LogP contribution in [0.1, 0.15) is 36.5 Å². The number of hydrogen-bond acceptors (Lipinski definition) is 3. The summed E-state index contributed by atoms with van der Waals surface area (Å²) in [7, 11) is 0. The first-order valence-corrected chi connectivity index (χ1v) is 7.75. The van der Waals surface area contributed by atoms with Crippen LogP contribution in [0.4, 0.5) is 5.69 Å². The van der Waals surface area contributed by atoms with Gasteiger partial charge in [-0.1, -0.05) is 50.2 Å². The molecule has 5 heteroatoms. The number of benzene rings is 2. The normalized spacial score (nSPS) is 11.0. The lowest BCUT2D eigenvalue weighted by Crippen LogP contribution is -2.20. The number of nitrogens with zero attached hydrogens (tertiary/aromatic N) is 1. The van der Waals surface area contributed by atoms with E-state index in [9.17, 15) is 14.9 Å². The molecular weight excluding hydrogens is 304 g/mol. The minimum Gasteiger partial charge on any atom is -0.348 e. The fourth-order valence-electron chi connectivity index (χ4n) is 2.15. The second-order valence-corrected chi connectivity index (χ2v) is 5.80. The largest absolute Gasteiger partial charge is 0.348 e. The molecule has 0 aliphatic rings. The van der Waals surface area contributed by atoms with E-state index in [1.807, 2.05) is 12.1 Å². The van der Waals surface area contributed by atoms with Crippen LogP contribution in [-0.4, -0.2) is 10.8 Å². The highest BCUT2D eigenvalue weighted by molar-refractivity contribution is 5.91. The van der Waals surface area contributed by atoms with Gasteiger partial charge in [0, 0.05) is 24.8 Å². The average molecular weight is 324 g/mol. The molecule has 1 N–H and O–H groups in total. The van der Waals surface area contributed by atoms with Crippen molar-refractivity contribution in [3.8, 4) is 0 Å². The maximum absolute atomic E-state index is 11.8. The SMILES string of the molecule is CC(C)c1ccc(/C=C/C(=O)NCc2ccc([N+](=O)[O-])cc2)cc1. The topological polar surface area (TPSA) is 72.2 Å². The Morgan fingerprint density at radius 1 is 1.12 bits per heavy atom. The Morgan fingerprint density at radius 3 is 2.29 bits per heavy atom. The molecule has 5 nitrogen and oxygen atoms in total. The Morgan fingerprint density at radius 2 is 1.75 bits per heavy atom. The van der Waals surface area contributed by atoms with E-state index in [0.29, 0.717) is 12.5 Å². The third-order valence-corrected chi connectivity index (χ3v) is 3.64. The van der Waals surface area contributed by atoms with Gasteiger partial charge < -0.3 is 5.32 Å². The second-order valence-electron chi connectivity index (χ2n) is 5.80. The van der Waals surface area contributed by atoms with E-state index >= 15 is 0 Å². The van der Waals surface area contributed by atoms with Gasteiger partial charge in [-0.25, -0.2) is 0 Å². The first-order valence-electron chi connectivity index (χ1n) is 7.75. The summed E-state index contributed by atoms with van der Waals surface area (Å²) in [6, 6.07) is 14.2. The van der Waals surface area contributed by atoms with Crippen LogP contribution in [-0.2, 0) is 11.3 Å². The van der Waals surface area contributed by atoms with Gasteiger partial charge in [0.25, 0.3) is 5.69 Å². The Labute approximate surface area is 141 Å². The molecule has 2 rings (SSSR count). The Balaban J connectivity index is 1.87. The summed E-state index contributed by atoms with van der Waals surface area (Å²) in [4.78, 5) is 22.0. The van der Waals surface area contributed by atoms with E-state index in [1.165, 1.54) is 23.8 Å². The van der Waals surface area contributed by atoms with Crippen LogP contribution in [0.25, 0.3) is 6.08 Å². The zero-order chi connectivity index (χ0) is 17.5. The molecule has 0 bridgehead atoms. The molecule has 1 amide bonds. The standard InChI is InChI=1S/C19H20N2O3/c1-14(2)17-8-3-15(4-9-17)7-12-19(22)20-13-16-5-10-18(11-6-16)21(23)24/h3-12,14H,13H2,1-2H3,(H,20,22)/b12-7+. The van der Waals surface area contributed by atoms with E-state index in [4.69, 9.17) is 0 Å². The van der Waals surface area contributed by atoms with Crippen molar-refractivity contribution in [3.63, 3.8) is 0 Å². The van der Waals surface area contributed by atoms with Gasteiger partial charge in [-0.3, -0.25) is 14.9 Å². The van der Waals surface area contributed by atoms with Crippen LogP contribution in [0.5, 0.6) is 0 Å². The van der Waals surface area contributed by atoms with Gasteiger partial charge in [-0.2, -0.15) is 0 Å². The van der Waals surface area contributed by atoms with Crippen molar-refractivity contribution in [2.24, 2.45) is 0 Å². The summed E-state index contributed by atoms with van der Waals surface area (Å²) in [6.07, 6.45) is 3.24. The zero-order valence-corrected chi connectivity index (χ0v) is 13.7. The number of rotatable bonds is 6. The van der Waals surface area contributed by atoms with Crippen molar-refractivity contribution in [2.45, 2.75) is 26.3 Å². The fourth-order valence-corrected chi connectivity index (χ4v) is 2.15. The summed E-state index contributed by atoms with van der Waals surface area (Å²) in [5, 5.41) is 13.3. The van der Waals surface area contributed by atoms with E-state index in [-0.39, 0.29) is 11.6 Å². The van der Waals surface area contributed by atoms with Crippen molar-refractivity contribution < 1.29 is 9.72 Å². The summed E-state index contributed by atoms with van der Waals surface area (Å²) < 4.78 is 0. The molecule has 0 radical (unpaired) electrons. The van der Waals surface area contributed by atoms with E-state index < -0.39 is 4.92 Å². The molecular formula is C19H20N2O3. The highest BCUT2D eigenvalue weighted by Crippen LogP contribution is 2.15. The third-order valence-electron chi connectivity index (χ3n) is 3.64. The Bertz CT molecular complexity index is 732. The van der Waals surface area contributed by atoms with Gasteiger partial charge in [0.2, 0.25) is 5.91 Å². The second kappa shape index (κ2) is 8.06. The minimum absolute atomic E-state index is 0.0369. The molecule has 0 heterocycles. The monoisotopic (exact) mass is 324 g/mol. The van der Waals surface area contributed by atoms with Crippen molar-refractivity contribution in [1.29, 1.82) is 0 Å². The zero-order valence-electron chi connectivity index (χ0n) is 13.7. The number of carbonyl (C=O) groups excluding carboxylic acids is 1. The lowest BCUT2D eigenvalue weighted by Gasteiger charge is -2.05. The van der Waals surface area contributed by atoms with Crippen molar-refractivity contribution in [3.05, 3.63) is 81.4 Å². The molecule has 0 aliphatic carbocycles. The molecule has 0 unspecified atom stereocenters. The molecule has 2 aromatic rings. The van der Waals surface area contributed by atoms with E-state index in [2.05, 4.69) is 31.3 Å². The van der Waals surface area contributed by atoms with Gasteiger partial charge in [-0.15, -0.1) is 0 Å². The molecule has 124 valence electrons. The first kappa shape index (κ1) is 17.4. The molecule has 24 heavy (non-hydrogen) atoms. The van der Waals surface area contributed by atoms with Crippen molar-refractivity contribution in [2.75, 3.05) is 0 Å². The number of non-ortho nitro benzene ring substituents is 1. The van der Waals surface area contributed by atoms with E-state index in [0.717, 1.165) is 11.1 Å². The summed E-state index contributed by atoms with van der Waals surface area (Å²) >= 11 is 0. The predicted molar refractivity (Wildman–Crippen MR) is 94.5 cm³/mol. The smallest absolute Gasteiger partial charge is 0.269 e. The molecule has 0 atom stereocenters. The maximum atomic E-state index is 11.8. The highest BCUT2D eigenvalue weighted by atomic mass is 16.6. The lowest BCUT2D eigenvalue weighted by molar-refractivity contribution is -0.384. The third kappa shape index (κ3) is 5.05. The molecule has 2 aromatic carbocycles. The fraction of sp³-hybridized carbons (Fsp3) is 0.211. The number of carbonyl (C=O) groups is 1. The van der Waals surface area contributed by atoms with Crippen LogP contribution in [0, 0.1) is 10.1 Å². The van der Waals surface area contributed by atoms with Gasteiger partial charge in [0.15, 0.2) is 0 Å². The van der Waals surface area contributed by atoms with Crippen molar-refractivity contribution >= 4 is 17.7 Å². The van der Waals surface area contributed by atoms with Gasteiger partial charge in [0.1, 0.15) is 0 Å². The Kier molecular flexibility index (Phi) is 5.84. The molecule has 0 saturated carbocycles. The van der Waals surface area contributed by atoms with Gasteiger partial charge in [-0.05, 0) is 28.7 Å². The molecule has 0 aliphatic heterocycles. The van der Waals surface area contributed by atoms with Gasteiger partial charge in [0.05, 0.1) is 4.92 Å². The summed E-state index contributed by atoms with van der Waals surface area (Å²) in [5.41, 5.74) is 3.07. The molecule has 0 spiro atoms. The maximum Gasteiger partial charge on any atom is 0.269 e. The Hall–Kier alpha value is -2.95. The first-order chi connectivity index (χ1) is 11.5. The molecule has 0 saturated heterocycles. The molecule has 0 fully saturated rings. The summed E-state index contributed by atoms with van der Waals surface area (Å²) in [6.45, 7) is 4.60. The van der Waals surface area contributed by atoms with Crippen molar-refractivity contribution in [1.82, 2.24) is 5.32 Å². The predicted octanol–water partition coefficient (Wildman–Crippen LogP) is 4.05. The number of nitro groups is 1. The summed E-state index contributed by atoms with van der Waals surface area (Å²) in [5.74, 6) is 0.273. The average Bonchev–Trinajstić information content (AvgIpc) is 2.58. The minimum atomic E-state index is -0.449. The van der Waals surface area contributed by atoms with Gasteiger partial charge >= 0.3 is 0 Å². The number of hydrogen-bond donors (Lipinski definition) is 1. The van der Waals surface area contributed by atoms with E-state index in [1.54, 1.807) is 18.2 Å². The highest BCUT2D eigenvalue weighted by Gasteiger charge is 2.04. The van der Waals surface area contributed by atoms with Crippen LogP contribution in [0.2, 0.25) is 0 Å². The van der Waals surface area contributed by atoms with Crippen LogP contribution < -0.4 is 5.32 Å². The van der Waals surface area contributed by atoms with Crippen LogP contribution in [0.15, 0.2) is 54.6 Å². The van der Waals surface area contributed by atoms with Crippen LogP contribution >= 0.6 is 0 Å². The molecule has 0 aromatic heterocycles. The van der Waals surface area contributed by atoms with Crippen LogP contribution in [0.3, 0.4) is 0 Å². The number of nitro benzene ring substituents is 1. The number of amides is 1. The number of nitrogens with one attached hydrogen (secondary N) is 1.